The largest absolute Gasteiger partial charge is 0.288 e. The summed E-state index contributed by atoms with van der Waals surface area (Å²) in [7, 11) is 0. The molecule has 0 aliphatic rings. The van der Waals surface area contributed by atoms with Crippen molar-refractivity contribution in [3.05, 3.63) is 43.3 Å². The molecule has 0 fully saturated rings. The molecule has 0 unspecified atom stereocenters. The van der Waals surface area contributed by atoms with Gasteiger partial charge in [-0.2, -0.15) is 0 Å². The molecule has 0 saturated carbocycles. The molecular weight excluding hydrogens is 224 g/mol. The van der Waals surface area contributed by atoms with Gasteiger partial charge >= 0.3 is 0 Å². The number of rotatable bonds is 2. The summed E-state index contributed by atoms with van der Waals surface area (Å²) in [4.78, 5) is 16.4. The minimum atomic E-state index is 0.162. The van der Waals surface area contributed by atoms with E-state index in [1.165, 1.54) is 9.75 Å². The number of carbonyl (C=O) groups excluding carboxylic acids is 1. The lowest BCUT2D eigenvalue weighted by molar-refractivity contribution is 0.104. The van der Waals surface area contributed by atoms with Gasteiger partial charge in [-0.15, -0.1) is 22.7 Å². The third kappa shape index (κ3) is 2.03. The number of thiophene rings is 2. The molecule has 1 nitrogen and oxygen atoms in total. The first kappa shape index (κ1) is 10.6. The molecule has 2 heterocycles. The predicted molar refractivity (Wildman–Crippen MR) is 66.3 cm³/mol. The molecule has 0 amide bonds. The van der Waals surface area contributed by atoms with Crippen LogP contribution in [0.25, 0.3) is 0 Å². The highest BCUT2D eigenvalue weighted by molar-refractivity contribution is 7.14. The summed E-state index contributed by atoms with van der Waals surface area (Å²) in [6.45, 7) is 6.06. The van der Waals surface area contributed by atoms with Crippen LogP contribution in [0, 0.1) is 20.8 Å². The highest BCUT2D eigenvalue weighted by Gasteiger charge is 2.15. The zero-order chi connectivity index (χ0) is 11.0. The Hall–Kier alpha value is -0.930. The Morgan fingerprint density at radius 2 is 1.80 bits per heavy atom. The van der Waals surface area contributed by atoms with Gasteiger partial charge in [-0.25, -0.2) is 0 Å². The van der Waals surface area contributed by atoms with Crippen LogP contribution >= 0.6 is 22.7 Å². The molecule has 0 bridgehead atoms. The fourth-order valence-corrected chi connectivity index (χ4v) is 3.29. The van der Waals surface area contributed by atoms with Gasteiger partial charge in [-0.3, -0.25) is 4.79 Å². The van der Waals surface area contributed by atoms with Crippen LogP contribution in [0.5, 0.6) is 0 Å². The fourth-order valence-electron chi connectivity index (χ4n) is 1.55. The van der Waals surface area contributed by atoms with E-state index in [0.717, 1.165) is 15.3 Å². The molecule has 0 spiro atoms. The zero-order valence-electron chi connectivity index (χ0n) is 8.96. The summed E-state index contributed by atoms with van der Waals surface area (Å²) in [5.41, 5.74) is 0.861. The van der Waals surface area contributed by atoms with E-state index in [2.05, 4.69) is 0 Å². The van der Waals surface area contributed by atoms with Crippen molar-refractivity contribution in [1.82, 2.24) is 0 Å². The van der Waals surface area contributed by atoms with Gasteiger partial charge in [0.2, 0.25) is 5.78 Å². The highest BCUT2D eigenvalue weighted by atomic mass is 32.1. The van der Waals surface area contributed by atoms with Gasteiger partial charge in [0.05, 0.1) is 4.88 Å². The standard InChI is InChI=1S/C12H12OS2/c1-7-4-5-11(15-7)12(13)10-6-8(2)14-9(10)3/h4-6H,1-3H3. The number of ketones is 1. The molecule has 0 aliphatic heterocycles. The van der Waals surface area contributed by atoms with Crippen molar-refractivity contribution in [1.29, 1.82) is 0 Å². The third-order valence-electron chi connectivity index (χ3n) is 2.25. The minimum Gasteiger partial charge on any atom is -0.288 e. The summed E-state index contributed by atoms with van der Waals surface area (Å²) >= 11 is 3.25. The van der Waals surface area contributed by atoms with Crippen LogP contribution in [-0.2, 0) is 0 Å². The van der Waals surface area contributed by atoms with E-state index < -0.39 is 0 Å². The first-order chi connectivity index (χ1) is 7.08. The van der Waals surface area contributed by atoms with Gasteiger partial charge in [0.25, 0.3) is 0 Å². The Kier molecular flexibility index (Phi) is 2.76. The van der Waals surface area contributed by atoms with Crippen LogP contribution in [0.15, 0.2) is 18.2 Å². The van der Waals surface area contributed by atoms with E-state index in [-0.39, 0.29) is 5.78 Å². The average Bonchev–Trinajstić information content (AvgIpc) is 2.71. The van der Waals surface area contributed by atoms with E-state index in [0.29, 0.717) is 0 Å². The maximum atomic E-state index is 12.1. The van der Waals surface area contributed by atoms with Crippen LogP contribution in [0.4, 0.5) is 0 Å². The number of hydrogen-bond donors (Lipinski definition) is 0. The van der Waals surface area contributed by atoms with Crippen LogP contribution in [0.2, 0.25) is 0 Å². The lowest BCUT2D eigenvalue weighted by Crippen LogP contribution is -1.97. The number of carbonyl (C=O) groups is 1. The molecule has 0 aliphatic carbocycles. The Labute approximate surface area is 97.4 Å². The van der Waals surface area contributed by atoms with Crippen molar-refractivity contribution in [2.75, 3.05) is 0 Å². The normalized spacial score (nSPS) is 10.6. The van der Waals surface area contributed by atoms with Crippen LogP contribution in [-0.4, -0.2) is 5.78 Å². The maximum Gasteiger partial charge on any atom is 0.204 e. The molecule has 0 atom stereocenters. The molecule has 0 N–H and O–H groups in total. The molecule has 2 rings (SSSR count). The van der Waals surface area contributed by atoms with Gasteiger partial charge in [-0.1, -0.05) is 0 Å². The minimum absolute atomic E-state index is 0.162. The molecule has 0 radical (unpaired) electrons. The van der Waals surface area contributed by atoms with Gasteiger partial charge in [0.1, 0.15) is 0 Å². The summed E-state index contributed by atoms with van der Waals surface area (Å²) in [5.74, 6) is 0.162. The zero-order valence-corrected chi connectivity index (χ0v) is 10.6. The first-order valence-electron chi connectivity index (χ1n) is 4.76. The Balaban J connectivity index is 2.40. The van der Waals surface area contributed by atoms with Crippen molar-refractivity contribution in [2.24, 2.45) is 0 Å². The summed E-state index contributed by atoms with van der Waals surface area (Å²) < 4.78 is 0. The smallest absolute Gasteiger partial charge is 0.204 e. The van der Waals surface area contributed by atoms with Gasteiger partial charge in [-0.05, 0) is 39.0 Å². The third-order valence-corrected chi connectivity index (χ3v) is 4.22. The van der Waals surface area contributed by atoms with Gasteiger partial charge < -0.3 is 0 Å². The van der Waals surface area contributed by atoms with E-state index in [9.17, 15) is 4.79 Å². The monoisotopic (exact) mass is 236 g/mol. The van der Waals surface area contributed by atoms with Crippen molar-refractivity contribution in [3.8, 4) is 0 Å². The molecule has 2 aromatic heterocycles. The summed E-state index contributed by atoms with van der Waals surface area (Å²) in [5, 5.41) is 0. The lowest BCUT2D eigenvalue weighted by Gasteiger charge is -1.95. The SMILES string of the molecule is Cc1ccc(C(=O)c2cc(C)sc2C)s1. The lowest BCUT2D eigenvalue weighted by atomic mass is 10.1. The molecule has 78 valence electrons. The number of aryl methyl sites for hydroxylation is 3. The molecule has 2 aromatic rings. The predicted octanol–water partition coefficient (Wildman–Crippen LogP) is 3.97. The van der Waals surface area contributed by atoms with Crippen molar-refractivity contribution >= 4 is 28.5 Å². The van der Waals surface area contributed by atoms with Crippen molar-refractivity contribution < 1.29 is 4.79 Å². The highest BCUT2D eigenvalue weighted by Crippen LogP contribution is 2.26. The van der Waals surface area contributed by atoms with Crippen LogP contribution in [0.1, 0.15) is 29.9 Å². The summed E-state index contributed by atoms with van der Waals surface area (Å²) in [6, 6.07) is 5.89. The molecule has 15 heavy (non-hydrogen) atoms. The van der Waals surface area contributed by atoms with Gasteiger partial charge in [0, 0.05) is 20.2 Å². The van der Waals surface area contributed by atoms with E-state index in [4.69, 9.17) is 0 Å². The van der Waals surface area contributed by atoms with Crippen molar-refractivity contribution in [3.63, 3.8) is 0 Å². The topological polar surface area (TPSA) is 17.1 Å². The second kappa shape index (κ2) is 3.91. The number of hydrogen-bond acceptors (Lipinski definition) is 3. The average molecular weight is 236 g/mol. The van der Waals surface area contributed by atoms with Gasteiger partial charge in [0.15, 0.2) is 0 Å². The second-order valence-electron chi connectivity index (χ2n) is 3.57. The van der Waals surface area contributed by atoms with E-state index in [1.807, 2.05) is 39.0 Å². The summed E-state index contributed by atoms with van der Waals surface area (Å²) in [6.07, 6.45) is 0. The fraction of sp³-hybridized carbons (Fsp3) is 0.250. The molecule has 3 heteroatoms. The van der Waals surface area contributed by atoms with Crippen LogP contribution in [0.3, 0.4) is 0 Å². The first-order valence-corrected chi connectivity index (χ1v) is 6.39. The van der Waals surface area contributed by atoms with Crippen LogP contribution < -0.4 is 0 Å². The molecule has 0 aromatic carbocycles. The van der Waals surface area contributed by atoms with E-state index in [1.54, 1.807) is 22.7 Å². The Morgan fingerprint density at radius 3 is 2.27 bits per heavy atom. The quantitative estimate of drug-likeness (QED) is 0.721. The second-order valence-corrected chi connectivity index (χ2v) is 6.31. The Bertz CT molecular complexity index is 505. The molecule has 0 saturated heterocycles. The van der Waals surface area contributed by atoms with Crippen molar-refractivity contribution in [2.45, 2.75) is 20.8 Å². The van der Waals surface area contributed by atoms with E-state index >= 15 is 0 Å². The maximum absolute atomic E-state index is 12.1. The Morgan fingerprint density at radius 1 is 1.07 bits per heavy atom. The molecular formula is C12H12OS2.